The summed E-state index contributed by atoms with van der Waals surface area (Å²) in [6.07, 6.45) is 1.46. The van der Waals surface area contributed by atoms with E-state index in [1.807, 2.05) is 54.6 Å². The number of hydrogen-bond acceptors (Lipinski definition) is 11. The van der Waals surface area contributed by atoms with Crippen LogP contribution in [0.15, 0.2) is 107 Å². The number of carbonyl (C=O) groups is 1. The van der Waals surface area contributed by atoms with E-state index in [-0.39, 0.29) is 41.1 Å². The van der Waals surface area contributed by atoms with Gasteiger partial charge in [-0.3, -0.25) is 24.2 Å². The van der Waals surface area contributed by atoms with E-state index in [1.165, 1.54) is 21.8 Å². The first-order valence-corrected chi connectivity index (χ1v) is 21.3. The predicted octanol–water partition coefficient (Wildman–Crippen LogP) is 4.89. The molecule has 2 saturated heterocycles. The summed E-state index contributed by atoms with van der Waals surface area (Å²) in [5.74, 6) is 2.24. The standard InChI is InChI=1S/C27H33N5O3.C20H25N5O2/c1-19-15-32(16-20-10-6-4-7-11-20)17-22(19)24-29-25(33)23(30-31-24)14-28-26(34)27(2,3)35-18-21-12-8-5-9-13-21;1-13-10-24(11-14-7-5-4-6-8-14)12-15(13)17-22-18(26)16-9-21-19(20(2,3)27)25(16)23-17/h4-13,19,22H,14-18H2,1-3H3,(H,28,34)(H,29,31,33);4-9,13,15,27H,10-12H2,1-3H3,(H,22,23,26). The number of imidazole rings is 1. The smallest absolute Gasteiger partial charge is 0.276 e. The van der Waals surface area contributed by atoms with Crippen molar-refractivity contribution in [1.82, 2.24) is 49.9 Å². The number of aliphatic hydroxyl groups is 1. The Kier molecular flexibility index (Phi) is 13.6. The van der Waals surface area contributed by atoms with Gasteiger partial charge >= 0.3 is 0 Å². The van der Waals surface area contributed by atoms with Crippen LogP contribution in [0.4, 0.5) is 0 Å². The van der Waals surface area contributed by atoms with Crippen molar-refractivity contribution in [2.24, 2.45) is 11.8 Å². The van der Waals surface area contributed by atoms with Crippen molar-refractivity contribution >= 4 is 11.4 Å². The highest BCUT2D eigenvalue weighted by molar-refractivity contribution is 5.84. The zero-order valence-corrected chi connectivity index (χ0v) is 36.4. The number of nitrogens with zero attached hydrogens (tertiary/aromatic N) is 7. The number of benzene rings is 3. The van der Waals surface area contributed by atoms with Gasteiger partial charge in [0.15, 0.2) is 11.3 Å². The van der Waals surface area contributed by atoms with Gasteiger partial charge in [0.1, 0.15) is 28.5 Å². The lowest BCUT2D eigenvalue weighted by molar-refractivity contribution is -0.144. The van der Waals surface area contributed by atoms with Gasteiger partial charge in [-0.05, 0) is 56.2 Å². The molecule has 4 unspecified atom stereocenters. The van der Waals surface area contributed by atoms with Crippen molar-refractivity contribution < 1.29 is 14.6 Å². The Morgan fingerprint density at radius 3 is 1.79 bits per heavy atom. The lowest BCUT2D eigenvalue weighted by Gasteiger charge is -2.24. The Labute approximate surface area is 361 Å². The quantitative estimate of drug-likeness (QED) is 0.124. The van der Waals surface area contributed by atoms with Crippen LogP contribution in [0.3, 0.4) is 0 Å². The molecule has 0 bridgehead atoms. The molecule has 1 amide bonds. The van der Waals surface area contributed by atoms with E-state index in [1.54, 1.807) is 27.7 Å². The zero-order chi connectivity index (χ0) is 44.0. The maximum absolute atomic E-state index is 12.7. The van der Waals surface area contributed by atoms with Gasteiger partial charge in [-0.2, -0.15) is 5.10 Å². The SMILES string of the molecule is CC1CN(Cc2ccccc2)CC1c1nn2c(C(C)(C)O)ncc2c(=O)[nH]1.CC1CN(Cc2ccccc2)CC1c1nnc(CNC(=O)C(C)(C)OCc2ccccc2)c(=O)[nH]1. The first-order valence-electron chi connectivity index (χ1n) is 21.3. The fourth-order valence-electron chi connectivity index (χ4n) is 8.22. The summed E-state index contributed by atoms with van der Waals surface area (Å²) >= 11 is 0. The molecule has 15 nitrogen and oxygen atoms in total. The van der Waals surface area contributed by atoms with E-state index in [0.29, 0.717) is 41.4 Å². The molecule has 2 aliphatic rings. The molecule has 5 heterocycles. The molecule has 3 aromatic carbocycles. The van der Waals surface area contributed by atoms with Gasteiger partial charge in [-0.1, -0.05) is 105 Å². The van der Waals surface area contributed by atoms with Crippen LogP contribution in [0.2, 0.25) is 0 Å². The minimum Gasteiger partial charge on any atom is -0.382 e. The van der Waals surface area contributed by atoms with Crippen LogP contribution in [0.25, 0.3) is 5.52 Å². The number of aromatic nitrogens is 7. The average Bonchev–Trinajstić information content (AvgIpc) is 3.97. The summed E-state index contributed by atoms with van der Waals surface area (Å²) in [5.41, 5.74) is 1.26. The van der Waals surface area contributed by atoms with E-state index < -0.39 is 11.2 Å². The Morgan fingerprint density at radius 1 is 0.742 bits per heavy atom. The predicted molar refractivity (Wildman–Crippen MR) is 236 cm³/mol. The summed E-state index contributed by atoms with van der Waals surface area (Å²) < 4.78 is 7.30. The Hall–Kier alpha value is -5.87. The minimum absolute atomic E-state index is 0.0140. The summed E-state index contributed by atoms with van der Waals surface area (Å²) in [6.45, 7) is 16.6. The lowest BCUT2D eigenvalue weighted by atomic mass is 9.97. The molecular weight excluding hydrogens is 785 g/mol. The van der Waals surface area contributed by atoms with Crippen LogP contribution in [0.1, 0.15) is 93.2 Å². The lowest BCUT2D eigenvalue weighted by Crippen LogP contribution is -2.44. The van der Waals surface area contributed by atoms with E-state index in [0.717, 1.165) is 44.8 Å². The molecule has 3 aromatic heterocycles. The third-order valence-corrected chi connectivity index (χ3v) is 11.7. The topological polar surface area (TPSA) is 187 Å². The van der Waals surface area contributed by atoms with Crippen LogP contribution in [-0.2, 0) is 41.4 Å². The van der Waals surface area contributed by atoms with Gasteiger partial charge in [0.25, 0.3) is 17.0 Å². The molecule has 326 valence electrons. The number of carbonyl (C=O) groups excluding carboxylic acids is 1. The minimum atomic E-state index is -1.18. The molecule has 0 saturated carbocycles. The maximum Gasteiger partial charge on any atom is 0.276 e. The number of ether oxygens (including phenoxy) is 1. The molecule has 62 heavy (non-hydrogen) atoms. The molecule has 0 radical (unpaired) electrons. The highest BCUT2D eigenvalue weighted by Crippen LogP contribution is 2.32. The molecule has 15 heteroatoms. The third kappa shape index (κ3) is 10.8. The van der Waals surface area contributed by atoms with Gasteiger partial charge in [-0.15, -0.1) is 10.2 Å². The summed E-state index contributed by atoms with van der Waals surface area (Å²) in [6, 6.07) is 30.4. The summed E-state index contributed by atoms with van der Waals surface area (Å²) in [7, 11) is 0. The number of likely N-dealkylation sites (tertiary alicyclic amines) is 2. The molecule has 0 aliphatic carbocycles. The molecule has 6 aromatic rings. The molecule has 0 spiro atoms. The van der Waals surface area contributed by atoms with Crippen molar-refractivity contribution in [3.8, 4) is 0 Å². The van der Waals surface area contributed by atoms with Crippen molar-refractivity contribution in [3.63, 3.8) is 0 Å². The van der Waals surface area contributed by atoms with Crippen LogP contribution < -0.4 is 16.4 Å². The zero-order valence-electron chi connectivity index (χ0n) is 36.4. The van der Waals surface area contributed by atoms with Gasteiger partial charge in [-0.25, -0.2) is 9.50 Å². The monoisotopic (exact) mass is 842 g/mol. The Bertz CT molecular complexity index is 2540. The van der Waals surface area contributed by atoms with E-state index in [9.17, 15) is 19.5 Å². The normalized spacial score (nSPS) is 19.7. The van der Waals surface area contributed by atoms with Crippen molar-refractivity contribution in [3.05, 3.63) is 158 Å². The van der Waals surface area contributed by atoms with E-state index in [2.05, 4.69) is 95.6 Å². The van der Waals surface area contributed by atoms with Crippen LogP contribution in [0, 0.1) is 11.8 Å². The number of hydrogen-bond donors (Lipinski definition) is 4. The molecule has 4 atom stereocenters. The fourth-order valence-corrected chi connectivity index (χ4v) is 8.22. The average molecular weight is 843 g/mol. The van der Waals surface area contributed by atoms with Gasteiger partial charge in [0, 0.05) is 51.1 Å². The second kappa shape index (κ2) is 19.0. The van der Waals surface area contributed by atoms with Crippen LogP contribution >= 0.6 is 0 Å². The van der Waals surface area contributed by atoms with Crippen LogP contribution in [-0.4, -0.2) is 87.4 Å². The number of H-pyrrole nitrogens is 2. The number of aromatic amines is 2. The summed E-state index contributed by atoms with van der Waals surface area (Å²) in [4.78, 5) is 52.7. The fraction of sp³-hybridized carbons (Fsp3) is 0.426. The number of nitrogens with one attached hydrogen (secondary N) is 3. The Balaban J connectivity index is 0.000000192. The molecule has 8 rings (SSSR count). The number of fused-ring (bicyclic) bond motifs is 1. The van der Waals surface area contributed by atoms with Crippen molar-refractivity contribution in [1.29, 1.82) is 0 Å². The molecular formula is C47H58N10O5. The summed E-state index contributed by atoms with van der Waals surface area (Å²) in [5, 5.41) is 26.2. The molecule has 2 aliphatic heterocycles. The number of rotatable bonds is 13. The second-order valence-electron chi connectivity index (χ2n) is 17.8. The van der Waals surface area contributed by atoms with E-state index in [4.69, 9.17) is 4.74 Å². The first-order chi connectivity index (χ1) is 29.6. The van der Waals surface area contributed by atoms with Gasteiger partial charge < -0.3 is 25.1 Å². The highest BCUT2D eigenvalue weighted by atomic mass is 16.5. The van der Waals surface area contributed by atoms with Crippen molar-refractivity contribution in [2.45, 2.75) is 90.8 Å². The number of amides is 1. The molecule has 2 fully saturated rings. The maximum atomic E-state index is 12.7. The van der Waals surface area contributed by atoms with Crippen LogP contribution in [0.5, 0.6) is 0 Å². The Morgan fingerprint density at radius 2 is 1.26 bits per heavy atom. The largest absolute Gasteiger partial charge is 0.382 e. The van der Waals surface area contributed by atoms with Gasteiger partial charge in [0.05, 0.1) is 19.3 Å². The third-order valence-electron chi connectivity index (χ3n) is 11.7. The first kappa shape index (κ1) is 44.2. The highest BCUT2D eigenvalue weighted by Gasteiger charge is 2.35. The second-order valence-corrected chi connectivity index (χ2v) is 17.8. The van der Waals surface area contributed by atoms with Crippen molar-refractivity contribution in [2.75, 3.05) is 26.2 Å². The van der Waals surface area contributed by atoms with Gasteiger partial charge in [0.2, 0.25) is 0 Å². The molecule has 4 N–H and O–H groups in total. The van der Waals surface area contributed by atoms with E-state index >= 15 is 0 Å².